The van der Waals surface area contributed by atoms with Crippen LogP contribution in [0.2, 0.25) is 0 Å². The van der Waals surface area contributed by atoms with E-state index in [4.69, 9.17) is 10.5 Å². The second kappa shape index (κ2) is 4.98. The lowest BCUT2D eigenvalue weighted by Gasteiger charge is -2.34. The van der Waals surface area contributed by atoms with Crippen molar-refractivity contribution in [1.82, 2.24) is 0 Å². The number of rotatable bonds is 3. The van der Waals surface area contributed by atoms with Crippen LogP contribution in [-0.4, -0.2) is 25.5 Å². The van der Waals surface area contributed by atoms with Crippen molar-refractivity contribution in [2.45, 2.75) is 19.8 Å². The number of carbonyl (C=O) groups excluding carboxylic acids is 1. The van der Waals surface area contributed by atoms with Gasteiger partial charge in [0.1, 0.15) is 0 Å². The van der Waals surface area contributed by atoms with Crippen LogP contribution in [0.3, 0.4) is 0 Å². The Labute approximate surface area is 102 Å². The van der Waals surface area contributed by atoms with Crippen molar-refractivity contribution in [2.24, 2.45) is 11.1 Å². The summed E-state index contributed by atoms with van der Waals surface area (Å²) in [5.41, 5.74) is 7.35. The van der Waals surface area contributed by atoms with Crippen molar-refractivity contribution in [2.75, 3.05) is 19.8 Å². The molecule has 3 heteroatoms. The largest absolute Gasteiger partial charge is 0.381 e. The summed E-state index contributed by atoms with van der Waals surface area (Å²) < 4.78 is 5.32. The minimum absolute atomic E-state index is 0.170. The van der Waals surface area contributed by atoms with Crippen LogP contribution in [0.15, 0.2) is 24.3 Å². The van der Waals surface area contributed by atoms with Gasteiger partial charge in [-0.05, 0) is 19.8 Å². The molecule has 0 unspecified atom stereocenters. The molecule has 0 aromatic heterocycles. The summed E-state index contributed by atoms with van der Waals surface area (Å²) in [5, 5.41) is 0. The second-order valence-electron chi connectivity index (χ2n) is 4.79. The van der Waals surface area contributed by atoms with Gasteiger partial charge >= 0.3 is 0 Å². The lowest BCUT2D eigenvalue weighted by molar-refractivity contribution is 0.0200. The summed E-state index contributed by atoms with van der Waals surface area (Å²) in [6, 6.07) is 7.72. The number of benzene rings is 1. The van der Waals surface area contributed by atoms with E-state index < -0.39 is 5.41 Å². The van der Waals surface area contributed by atoms with Crippen molar-refractivity contribution in [3.05, 3.63) is 35.4 Å². The van der Waals surface area contributed by atoms with Gasteiger partial charge in [0, 0.05) is 25.3 Å². The first kappa shape index (κ1) is 12.3. The third-order valence-electron chi connectivity index (χ3n) is 3.64. The fourth-order valence-electron chi connectivity index (χ4n) is 2.30. The van der Waals surface area contributed by atoms with Gasteiger partial charge in [-0.25, -0.2) is 0 Å². The predicted octanol–water partition coefficient (Wildman–Crippen LogP) is 1.93. The number of hydrogen-bond acceptors (Lipinski definition) is 3. The average molecular weight is 233 g/mol. The van der Waals surface area contributed by atoms with E-state index in [1.165, 1.54) is 0 Å². The second-order valence-corrected chi connectivity index (χ2v) is 4.79. The molecular weight excluding hydrogens is 214 g/mol. The molecule has 0 atom stereocenters. The Hall–Kier alpha value is -1.19. The Bertz CT molecular complexity index is 391. The highest BCUT2D eigenvalue weighted by Gasteiger charge is 2.38. The Balaban J connectivity index is 2.25. The zero-order chi connectivity index (χ0) is 12.3. The highest BCUT2D eigenvalue weighted by atomic mass is 16.5. The Morgan fingerprint density at radius 2 is 1.88 bits per heavy atom. The summed E-state index contributed by atoms with van der Waals surface area (Å²) >= 11 is 0. The Morgan fingerprint density at radius 3 is 2.41 bits per heavy atom. The summed E-state index contributed by atoms with van der Waals surface area (Å²) in [7, 11) is 0. The van der Waals surface area contributed by atoms with Gasteiger partial charge in [0.15, 0.2) is 5.78 Å². The average Bonchev–Trinajstić information content (AvgIpc) is 2.39. The van der Waals surface area contributed by atoms with E-state index in [1.807, 2.05) is 31.2 Å². The molecule has 1 fully saturated rings. The molecule has 1 saturated heterocycles. The number of Topliss-reactive ketones (excluding diaryl/α,β-unsaturated/α-hetero) is 1. The maximum atomic E-state index is 12.5. The van der Waals surface area contributed by atoms with Crippen molar-refractivity contribution >= 4 is 5.78 Å². The fraction of sp³-hybridized carbons (Fsp3) is 0.500. The maximum absolute atomic E-state index is 12.5. The van der Waals surface area contributed by atoms with E-state index in [9.17, 15) is 4.79 Å². The SMILES string of the molecule is Cc1ccc(C(=O)C2(CN)CCOCC2)cc1. The van der Waals surface area contributed by atoms with Crippen LogP contribution in [0.25, 0.3) is 0 Å². The summed E-state index contributed by atoms with van der Waals surface area (Å²) in [4.78, 5) is 12.5. The van der Waals surface area contributed by atoms with Crippen molar-refractivity contribution < 1.29 is 9.53 Å². The third kappa shape index (κ3) is 2.40. The molecule has 1 aliphatic rings. The molecule has 0 aliphatic carbocycles. The third-order valence-corrected chi connectivity index (χ3v) is 3.64. The molecule has 1 aromatic rings. The molecule has 1 aromatic carbocycles. The van der Waals surface area contributed by atoms with Gasteiger partial charge in [-0.3, -0.25) is 4.79 Å². The van der Waals surface area contributed by atoms with Gasteiger partial charge < -0.3 is 10.5 Å². The zero-order valence-corrected chi connectivity index (χ0v) is 10.2. The number of hydrogen-bond donors (Lipinski definition) is 1. The number of ketones is 1. The molecule has 2 rings (SSSR count). The molecule has 1 aliphatic heterocycles. The number of carbonyl (C=O) groups is 1. The van der Waals surface area contributed by atoms with Gasteiger partial charge in [0.2, 0.25) is 0 Å². The Kier molecular flexibility index (Phi) is 3.60. The van der Waals surface area contributed by atoms with Crippen molar-refractivity contribution in [3.63, 3.8) is 0 Å². The van der Waals surface area contributed by atoms with Gasteiger partial charge in [-0.2, -0.15) is 0 Å². The van der Waals surface area contributed by atoms with Gasteiger partial charge in [-0.1, -0.05) is 29.8 Å². The molecule has 0 radical (unpaired) electrons. The van der Waals surface area contributed by atoms with Crippen LogP contribution in [0.1, 0.15) is 28.8 Å². The van der Waals surface area contributed by atoms with Gasteiger partial charge in [0.05, 0.1) is 5.41 Å². The minimum Gasteiger partial charge on any atom is -0.381 e. The highest BCUT2D eigenvalue weighted by molar-refractivity contribution is 6.00. The first-order valence-electron chi connectivity index (χ1n) is 6.07. The van der Waals surface area contributed by atoms with Crippen LogP contribution in [0.4, 0.5) is 0 Å². The standard InChI is InChI=1S/C14H19NO2/c1-11-2-4-12(5-3-11)13(16)14(10-15)6-8-17-9-7-14/h2-5H,6-10,15H2,1H3. The fourth-order valence-corrected chi connectivity index (χ4v) is 2.30. The summed E-state index contributed by atoms with van der Waals surface area (Å²) in [6.45, 7) is 3.69. The number of ether oxygens (including phenoxy) is 1. The van der Waals surface area contributed by atoms with E-state index >= 15 is 0 Å². The van der Waals surface area contributed by atoms with Crippen molar-refractivity contribution in [3.8, 4) is 0 Å². The lowest BCUT2D eigenvalue weighted by atomic mass is 9.74. The molecule has 17 heavy (non-hydrogen) atoms. The van der Waals surface area contributed by atoms with Crippen LogP contribution < -0.4 is 5.73 Å². The number of nitrogens with two attached hydrogens (primary N) is 1. The maximum Gasteiger partial charge on any atom is 0.170 e. The van der Waals surface area contributed by atoms with E-state index in [2.05, 4.69) is 0 Å². The predicted molar refractivity (Wildman–Crippen MR) is 67.0 cm³/mol. The van der Waals surface area contributed by atoms with E-state index in [1.54, 1.807) is 0 Å². The van der Waals surface area contributed by atoms with E-state index in [-0.39, 0.29) is 5.78 Å². The molecule has 3 nitrogen and oxygen atoms in total. The van der Waals surface area contributed by atoms with Crippen LogP contribution in [0.5, 0.6) is 0 Å². The Morgan fingerprint density at radius 1 is 1.29 bits per heavy atom. The minimum atomic E-state index is -0.409. The van der Waals surface area contributed by atoms with Gasteiger partial charge in [-0.15, -0.1) is 0 Å². The summed E-state index contributed by atoms with van der Waals surface area (Å²) in [5.74, 6) is 0.170. The quantitative estimate of drug-likeness (QED) is 0.812. The normalized spacial score (nSPS) is 18.9. The summed E-state index contributed by atoms with van der Waals surface area (Å²) in [6.07, 6.45) is 1.46. The lowest BCUT2D eigenvalue weighted by Crippen LogP contribution is -2.43. The van der Waals surface area contributed by atoms with Gasteiger partial charge in [0.25, 0.3) is 0 Å². The highest BCUT2D eigenvalue weighted by Crippen LogP contribution is 2.33. The monoisotopic (exact) mass is 233 g/mol. The topological polar surface area (TPSA) is 52.3 Å². The molecule has 92 valence electrons. The smallest absolute Gasteiger partial charge is 0.170 e. The first-order chi connectivity index (χ1) is 8.18. The molecule has 2 N–H and O–H groups in total. The number of aryl methyl sites for hydroxylation is 1. The molecule has 0 amide bonds. The van der Waals surface area contributed by atoms with E-state index in [0.717, 1.165) is 24.0 Å². The molecular formula is C14H19NO2. The zero-order valence-electron chi connectivity index (χ0n) is 10.2. The molecule has 0 spiro atoms. The van der Waals surface area contributed by atoms with Crippen LogP contribution in [0, 0.1) is 12.3 Å². The first-order valence-corrected chi connectivity index (χ1v) is 6.07. The molecule has 1 heterocycles. The van der Waals surface area contributed by atoms with Crippen LogP contribution >= 0.6 is 0 Å². The molecule has 0 bridgehead atoms. The molecule has 0 saturated carbocycles. The van der Waals surface area contributed by atoms with Crippen LogP contribution in [-0.2, 0) is 4.74 Å². The van der Waals surface area contributed by atoms with E-state index in [0.29, 0.717) is 19.8 Å². The van der Waals surface area contributed by atoms with Crippen molar-refractivity contribution in [1.29, 1.82) is 0 Å².